The summed E-state index contributed by atoms with van der Waals surface area (Å²) >= 11 is 0. The number of likely N-dealkylation sites (tertiary alicyclic amines) is 1. The molecule has 2 unspecified atom stereocenters. The smallest absolute Gasteiger partial charge is 0.0359 e. The van der Waals surface area contributed by atoms with Crippen LogP contribution in [0.2, 0.25) is 0 Å². The van der Waals surface area contributed by atoms with Gasteiger partial charge in [-0.3, -0.25) is 4.21 Å². The van der Waals surface area contributed by atoms with Crippen LogP contribution in [-0.4, -0.2) is 53.3 Å². The second kappa shape index (κ2) is 7.36. The van der Waals surface area contributed by atoms with Crippen LogP contribution in [0.3, 0.4) is 0 Å². The molecule has 90 valence electrons. The molecule has 1 aliphatic rings. The molecular weight excluding hydrogens is 208 g/mol. The Morgan fingerprint density at radius 3 is 2.93 bits per heavy atom. The maximum Gasteiger partial charge on any atom is 0.0359 e. The van der Waals surface area contributed by atoms with Crippen LogP contribution >= 0.6 is 0 Å². The zero-order valence-electron chi connectivity index (χ0n) is 10.00. The topological polar surface area (TPSA) is 32.3 Å². The van der Waals surface area contributed by atoms with Gasteiger partial charge in [0.15, 0.2) is 0 Å². The zero-order valence-corrected chi connectivity index (χ0v) is 10.8. The van der Waals surface area contributed by atoms with Crippen LogP contribution in [0.1, 0.15) is 26.2 Å². The third kappa shape index (κ3) is 5.09. The molecule has 0 saturated carbocycles. The first-order valence-corrected chi connectivity index (χ1v) is 7.48. The van der Waals surface area contributed by atoms with E-state index in [9.17, 15) is 4.21 Å². The lowest BCUT2D eigenvalue weighted by Gasteiger charge is -2.32. The average molecular weight is 232 g/mol. The van der Waals surface area contributed by atoms with Crippen molar-refractivity contribution in [3.8, 4) is 0 Å². The van der Waals surface area contributed by atoms with Crippen molar-refractivity contribution in [2.24, 2.45) is 0 Å². The molecule has 2 atom stereocenters. The third-order valence-electron chi connectivity index (χ3n) is 3.13. The number of likely N-dealkylation sites (N-methyl/N-ethyl adjacent to an activating group) is 1. The Morgan fingerprint density at radius 1 is 1.47 bits per heavy atom. The van der Waals surface area contributed by atoms with Crippen LogP contribution in [0.5, 0.6) is 0 Å². The summed E-state index contributed by atoms with van der Waals surface area (Å²) in [7, 11) is 1.59. The van der Waals surface area contributed by atoms with E-state index in [2.05, 4.69) is 17.3 Å². The molecule has 0 aromatic carbocycles. The maximum atomic E-state index is 11.2. The van der Waals surface area contributed by atoms with E-state index in [1.54, 1.807) is 0 Å². The second-order valence-electron chi connectivity index (χ2n) is 4.27. The minimum atomic E-state index is -0.618. The van der Waals surface area contributed by atoms with Gasteiger partial charge in [0.25, 0.3) is 0 Å². The molecule has 0 spiro atoms. The number of piperidine rings is 1. The number of rotatable bonds is 6. The highest BCUT2D eigenvalue weighted by molar-refractivity contribution is 7.84. The summed E-state index contributed by atoms with van der Waals surface area (Å²) in [6.07, 6.45) is 4.00. The molecule has 1 heterocycles. The highest BCUT2D eigenvalue weighted by Crippen LogP contribution is 2.13. The molecule has 3 nitrogen and oxygen atoms in total. The van der Waals surface area contributed by atoms with Gasteiger partial charge in [-0.2, -0.15) is 0 Å². The molecule has 0 aromatic rings. The first kappa shape index (κ1) is 13.1. The number of hydrogen-bond acceptors (Lipinski definition) is 3. The predicted molar refractivity (Wildman–Crippen MR) is 66.7 cm³/mol. The van der Waals surface area contributed by atoms with Crippen LogP contribution in [0.4, 0.5) is 0 Å². The van der Waals surface area contributed by atoms with Gasteiger partial charge in [-0.25, -0.2) is 0 Å². The van der Waals surface area contributed by atoms with E-state index >= 15 is 0 Å². The summed E-state index contributed by atoms with van der Waals surface area (Å²) in [6, 6.07) is 0.689. The minimum absolute atomic E-state index is 0.618. The maximum absolute atomic E-state index is 11.2. The fourth-order valence-electron chi connectivity index (χ4n) is 2.00. The Bertz CT molecular complexity index is 199. The normalized spacial score (nSPS) is 25.3. The molecule has 1 fully saturated rings. The lowest BCUT2D eigenvalue weighted by atomic mass is 10.0. The third-order valence-corrected chi connectivity index (χ3v) is 4.43. The van der Waals surface area contributed by atoms with Gasteiger partial charge in [0, 0.05) is 41.4 Å². The van der Waals surface area contributed by atoms with E-state index in [-0.39, 0.29) is 0 Å². The second-order valence-corrected chi connectivity index (χ2v) is 6.13. The summed E-state index contributed by atoms with van der Waals surface area (Å²) in [4.78, 5) is 2.44. The molecule has 0 bridgehead atoms. The van der Waals surface area contributed by atoms with Crippen LogP contribution in [0.15, 0.2) is 0 Å². The lowest BCUT2D eigenvalue weighted by Crippen LogP contribution is -2.43. The first-order valence-electron chi connectivity index (χ1n) is 6.00. The molecule has 4 heteroatoms. The van der Waals surface area contributed by atoms with Gasteiger partial charge < -0.3 is 10.2 Å². The van der Waals surface area contributed by atoms with E-state index in [0.717, 1.165) is 24.6 Å². The van der Waals surface area contributed by atoms with Crippen LogP contribution in [0, 0.1) is 0 Å². The highest BCUT2D eigenvalue weighted by atomic mass is 32.2. The molecular formula is C11H24N2OS. The number of hydrogen-bond donors (Lipinski definition) is 1. The minimum Gasteiger partial charge on any atom is -0.314 e. The molecule has 0 amide bonds. The number of nitrogens with one attached hydrogen (secondary N) is 1. The zero-order chi connectivity index (χ0) is 11.1. The standard InChI is InChI=1S/C11H24N2OS/c1-3-15(14)9-7-12-10-11-6-4-5-8-13(11)2/h11-12H,3-10H2,1-2H3. The molecule has 0 radical (unpaired) electrons. The Morgan fingerprint density at radius 2 is 2.27 bits per heavy atom. The first-order chi connectivity index (χ1) is 7.24. The van der Waals surface area contributed by atoms with E-state index in [0.29, 0.717) is 6.04 Å². The van der Waals surface area contributed by atoms with Crippen molar-refractivity contribution in [3.63, 3.8) is 0 Å². The van der Waals surface area contributed by atoms with E-state index in [4.69, 9.17) is 0 Å². The van der Waals surface area contributed by atoms with E-state index in [1.165, 1.54) is 25.8 Å². The lowest BCUT2D eigenvalue weighted by molar-refractivity contribution is 0.182. The van der Waals surface area contributed by atoms with Gasteiger partial charge in [-0.15, -0.1) is 0 Å². The molecule has 0 aliphatic carbocycles. The highest BCUT2D eigenvalue weighted by Gasteiger charge is 2.17. The van der Waals surface area contributed by atoms with Gasteiger partial charge in [-0.1, -0.05) is 13.3 Å². The van der Waals surface area contributed by atoms with E-state index < -0.39 is 10.8 Å². The van der Waals surface area contributed by atoms with Gasteiger partial charge >= 0.3 is 0 Å². The van der Waals surface area contributed by atoms with Gasteiger partial charge in [-0.05, 0) is 26.4 Å². The molecule has 1 rings (SSSR count). The van der Waals surface area contributed by atoms with Crippen molar-refractivity contribution in [2.45, 2.75) is 32.2 Å². The summed E-state index contributed by atoms with van der Waals surface area (Å²) in [6.45, 7) is 5.15. The van der Waals surface area contributed by atoms with Gasteiger partial charge in [0.1, 0.15) is 0 Å². The van der Waals surface area contributed by atoms with Crippen LogP contribution < -0.4 is 5.32 Å². The monoisotopic (exact) mass is 232 g/mol. The van der Waals surface area contributed by atoms with Crippen molar-refractivity contribution in [1.82, 2.24) is 10.2 Å². The summed E-state index contributed by atoms with van der Waals surface area (Å²) in [5.74, 6) is 1.58. The number of nitrogens with zero attached hydrogens (tertiary/aromatic N) is 1. The predicted octanol–water partition coefficient (Wildman–Crippen LogP) is 0.829. The van der Waals surface area contributed by atoms with Crippen molar-refractivity contribution in [3.05, 3.63) is 0 Å². The quantitative estimate of drug-likeness (QED) is 0.689. The largest absolute Gasteiger partial charge is 0.314 e. The van der Waals surface area contributed by atoms with Crippen molar-refractivity contribution >= 4 is 10.8 Å². The van der Waals surface area contributed by atoms with Gasteiger partial charge in [0.05, 0.1) is 0 Å². The van der Waals surface area contributed by atoms with Crippen LogP contribution in [-0.2, 0) is 10.8 Å². The van der Waals surface area contributed by atoms with Crippen molar-refractivity contribution < 1.29 is 4.21 Å². The van der Waals surface area contributed by atoms with Crippen molar-refractivity contribution in [1.29, 1.82) is 0 Å². The molecule has 1 N–H and O–H groups in total. The Balaban J connectivity index is 2.06. The summed E-state index contributed by atoms with van der Waals surface area (Å²) in [5, 5.41) is 3.42. The summed E-state index contributed by atoms with van der Waals surface area (Å²) in [5.41, 5.74) is 0. The fourth-order valence-corrected chi connectivity index (χ4v) is 2.66. The molecule has 0 aromatic heterocycles. The Labute approximate surface area is 96.1 Å². The van der Waals surface area contributed by atoms with Crippen LogP contribution in [0.25, 0.3) is 0 Å². The molecule has 1 saturated heterocycles. The molecule has 15 heavy (non-hydrogen) atoms. The average Bonchev–Trinajstić information content (AvgIpc) is 2.26. The fraction of sp³-hybridized carbons (Fsp3) is 1.00. The van der Waals surface area contributed by atoms with E-state index in [1.807, 2.05) is 6.92 Å². The Hall–Kier alpha value is 0.0700. The summed E-state index contributed by atoms with van der Waals surface area (Å²) < 4.78 is 11.2. The SMILES string of the molecule is CCS(=O)CCNCC1CCCCN1C. The van der Waals surface area contributed by atoms with Gasteiger partial charge in [0.2, 0.25) is 0 Å². The molecule has 1 aliphatic heterocycles. The van der Waals surface area contributed by atoms with Crippen molar-refractivity contribution in [2.75, 3.05) is 38.2 Å². The Kier molecular flexibility index (Phi) is 6.45.